The smallest absolute Gasteiger partial charge is 0.254 e. The number of anilines is 1. The molecule has 0 aromatic carbocycles. The van der Waals surface area contributed by atoms with Crippen molar-refractivity contribution in [2.75, 3.05) is 12.4 Å². The number of nitrogens with zero attached hydrogens (tertiary/aromatic N) is 2. The summed E-state index contributed by atoms with van der Waals surface area (Å²) in [7, 11) is 1.82. The molecule has 2 heterocycles. The van der Waals surface area contributed by atoms with Gasteiger partial charge in [0.2, 0.25) is 0 Å². The predicted octanol–water partition coefficient (Wildman–Crippen LogP) is 2.83. The second-order valence-electron chi connectivity index (χ2n) is 5.47. The molecular weight excluding hydrogens is 238 g/mol. The molecule has 2 rings (SSSR count). The third-order valence-electron chi connectivity index (χ3n) is 3.88. The van der Waals surface area contributed by atoms with Gasteiger partial charge in [-0.25, -0.2) is 4.98 Å². The first-order valence-corrected chi connectivity index (χ1v) is 7.02. The van der Waals surface area contributed by atoms with Crippen LogP contribution >= 0.6 is 0 Å². The molecule has 1 fully saturated rings. The van der Waals surface area contributed by atoms with Crippen LogP contribution in [0.2, 0.25) is 0 Å². The van der Waals surface area contributed by atoms with Gasteiger partial charge >= 0.3 is 0 Å². The van der Waals surface area contributed by atoms with Crippen LogP contribution in [0.4, 0.5) is 5.82 Å². The summed E-state index contributed by atoms with van der Waals surface area (Å²) in [5, 5.41) is 3.01. The van der Waals surface area contributed by atoms with Crippen molar-refractivity contribution >= 4 is 11.7 Å². The zero-order valence-corrected chi connectivity index (χ0v) is 12.2. The Kier molecular flexibility index (Phi) is 4.08. The van der Waals surface area contributed by atoms with Crippen LogP contribution in [0.25, 0.3) is 0 Å². The molecule has 1 N–H and O–H groups in total. The minimum Gasteiger partial charge on any atom is -0.373 e. The number of aromatic nitrogens is 1. The Balaban J connectivity index is 2.30. The zero-order valence-electron chi connectivity index (χ0n) is 12.2. The van der Waals surface area contributed by atoms with Gasteiger partial charge in [0.1, 0.15) is 5.82 Å². The fourth-order valence-electron chi connectivity index (χ4n) is 2.89. The van der Waals surface area contributed by atoms with E-state index in [2.05, 4.69) is 24.1 Å². The van der Waals surface area contributed by atoms with Crippen molar-refractivity contribution in [3.8, 4) is 0 Å². The first-order valence-electron chi connectivity index (χ1n) is 7.02. The first-order chi connectivity index (χ1) is 9.02. The number of nitrogens with one attached hydrogen (secondary N) is 1. The Bertz CT molecular complexity index is 462. The highest BCUT2D eigenvalue weighted by atomic mass is 16.2. The Morgan fingerprint density at radius 1 is 1.32 bits per heavy atom. The van der Waals surface area contributed by atoms with Crippen LogP contribution in [0.3, 0.4) is 0 Å². The Morgan fingerprint density at radius 3 is 2.53 bits per heavy atom. The highest BCUT2D eigenvalue weighted by Crippen LogP contribution is 2.25. The van der Waals surface area contributed by atoms with Crippen LogP contribution in [-0.2, 0) is 0 Å². The molecule has 104 valence electrons. The summed E-state index contributed by atoms with van der Waals surface area (Å²) in [6, 6.07) is 4.35. The Morgan fingerprint density at radius 2 is 1.95 bits per heavy atom. The molecule has 1 aromatic heterocycles. The molecule has 0 spiro atoms. The molecule has 1 aliphatic heterocycles. The van der Waals surface area contributed by atoms with Crippen LogP contribution in [-0.4, -0.2) is 34.9 Å². The van der Waals surface area contributed by atoms with Crippen molar-refractivity contribution in [1.29, 1.82) is 0 Å². The summed E-state index contributed by atoms with van der Waals surface area (Å²) in [6.07, 6.45) is 3.40. The van der Waals surface area contributed by atoms with E-state index in [1.807, 2.05) is 31.0 Å². The van der Waals surface area contributed by atoms with Gasteiger partial charge in [-0.3, -0.25) is 4.79 Å². The lowest BCUT2D eigenvalue weighted by Crippen LogP contribution is -2.47. The van der Waals surface area contributed by atoms with Crippen LogP contribution in [0, 0.1) is 6.92 Å². The molecule has 2 unspecified atom stereocenters. The van der Waals surface area contributed by atoms with E-state index in [9.17, 15) is 4.79 Å². The molecular formula is C15H23N3O. The van der Waals surface area contributed by atoms with Crippen LogP contribution < -0.4 is 5.32 Å². The highest BCUT2D eigenvalue weighted by molar-refractivity contribution is 5.95. The van der Waals surface area contributed by atoms with E-state index in [-0.39, 0.29) is 5.91 Å². The molecule has 0 aliphatic carbocycles. The Labute approximate surface area is 115 Å². The summed E-state index contributed by atoms with van der Waals surface area (Å²) in [4.78, 5) is 19.1. The number of carbonyl (C=O) groups excluding carboxylic acids is 1. The number of likely N-dealkylation sites (tertiary alicyclic amines) is 1. The first kappa shape index (κ1) is 13.8. The van der Waals surface area contributed by atoms with Crippen LogP contribution in [0.1, 0.15) is 49.2 Å². The SMILES string of the molecule is CNc1cc(C(=O)N2C(C)CCCC2C)cc(C)n1. The van der Waals surface area contributed by atoms with Crippen molar-refractivity contribution < 1.29 is 4.79 Å². The van der Waals surface area contributed by atoms with Crippen molar-refractivity contribution in [3.05, 3.63) is 23.4 Å². The minimum atomic E-state index is 0.127. The lowest BCUT2D eigenvalue weighted by Gasteiger charge is -2.39. The average molecular weight is 261 g/mol. The summed E-state index contributed by atoms with van der Waals surface area (Å²) < 4.78 is 0. The highest BCUT2D eigenvalue weighted by Gasteiger charge is 2.29. The van der Waals surface area contributed by atoms with Gasteiger partial charge in [0.15, 0.2) is 0 Å². The van der Waals surface area contributed by atoms with E-state index in [0.29, 0.717) is 12.1 Å². The lowest BCUT2D eigenvalue weighted by atomic mass is 9.96. The number of rotatable bonds is 2. The fraction of sp³-hybridized carbons (Fsp3) is 0.600. The van der Waals surface area contributed by atoms with Gasteiger partial charge < -0.3 is 10.2 Å². The van der Waals surface area contributed by atoms with E-state index in [1.165, 1.54) is 6.42 Å². The molecule has 0 bridgehead atoms. The molecule has 4 heteroatoms. The van der Waals surface area contributed by atoms with Gasteiger partial charge in [-0.15, -0.1) is 0 Å². The predicted molar refractivity (Wildman–Crippen MR) is 77.5 cm³/mol. The average Bonchev–Trinajstić information content (AvgIpc) is 2.37. The summed E-state index contributed by atoms with van der Waals surface area (Å²) in [5.74, 6) is 0.877. The van der Waals surface area contributed by atoms with E-state index in [4.69, 9.17) is 0 Å². The van der Waals surface area contributed by atoms with Crippen molar-refractivity contribution in [2.24, 2.45) is 0 Å². The summed E-state index contributed by atoms with van der Waals surface area (Å²) in [5.41, 5.74) is 1.60. The molecule has 1 amide bonds. The van der Waals surface area contributed by atoms with E-state index < -0.39 is 0 Å². The second kappa shape index (κ2) is 5.59. The molecule has 19 heavy (non-hydrogen) atoms. The topological polar surface area (TPSA) is 45.2 Å². The molecule has 0 radical (unpaired) electrons. The molecule has 4 nitrogen and oxygen atoms in total. The van der Waals surface area contributed by atoms with Crippen molar-refractivity contribution in [2.45, 2.75) is 52.1 Å². The normalized spacial score (nSPS) is 23.3. The maximum atomic E-state index is 12.7. The van der Waals surface area contributed by atoms with Crippen molar-refractivity contribution in [3.63, 3.8) is 0 Å². The zero-order chi connectivity index (χ0) is 14.0. The van der Waals surface area contributed by atoms with Crippen LogP contribution in [0.15, 0.2) is 12.1 Å². The monoisotopic (exact) mass is 261 g/mol. The van der Waals surface area contributed by atoms with Gasteiger partial charge in [-0.1, -0.05) is 0 Å². The van der Waals surface area contributed by atoms with Crippen LogP contribution in [0.5, 0.6) is 0 Å². The quantitative estimate of drug-likeness (QED) is 0.890. The third-order valence-corrected chi connectivity index (χ3v) is 3.88. The summed E-state index contributed by atoms with van der Waals surface area (Å²) in [6.45, 7) is 6.20. The maximum absolute atomic E-state index is 12.7. The summed E-state index contributed by atoms with van der Waals surface area (Å²) >= 11 is 0. The van der Waals surface area contributed by atoms with Gasteiger partial charge in [-0.05, 0) is 52.2 Å². The van der Waals surface area contributed by atoms with Crippen molar-refractivity contribution in [1.82, 2.24) is 9.88 Å². The van der Waals surface area contributed by atoms with Gasteiger partial charge in [0.25, 0.3) is 5.91 Å². The third kappa shape index (κ3) is 2.88. The maximum Gasteiger partial charge on any atom is 0.254 e. The lowest BCUT2D eigenvalue weighted by molar-refractivity contribution is 0.0510. The molecule has 1 saturated heterocycles. The number of aryl methyl sites for hydroxylation is 1. The van der Waals surface area contributed by atoms with E-state index >= 15 is 0 Å². The Hall–Kier alpha value is -1.58. The van der Waals surface area contributed by atoms with Gasteiger partial charge in [0, 0.05) is 30.4 Å². The molecule has 2 atom stereocenters. The largest absolute Gasteiger partial charge is 0.373 e. The molecule has 0 saturated carbocycles. The number of amides is 1. The number of hydrogen-bond donors (Lipinski definition) is 1. The van der Waals surface area contributed by atoms with E-state index in [1.54, 1.807) is 0 Å². The number of hydrogen-bond acceptors (Lipinski definition) is 3. The van der Waals surface area contributed by atoms with Gasteiger partial charge in [0.05, 0.1) is 0 Å². The van der Waals surface area contributed by atoms with Gasteiger partial charge in [-0.2, -0.15) is 0 Å². The molecule has 1 aromatic rings. The number of pyridine rings is 1. The standard InChI is InChI=1S/C15H23N3O/c1-10-8-13(9-14(16-4)17-10)15(19)18-11(2)6-5-7-12(18)3/h8-9,11-12H,5-7H2,1-4H3,(H,16,17). The molecule has 1 aliphatic rings. The van der Waals surface area contributed by atoms with E-state index in [0.717, 1.165) is 29.9 Å². The number of piperidine rings is 1. The minimum absolute atomic E-state index is 0.127. The number of carbonyl (C=O) groups is 1. The second-order valence-corrected chi connectivity index (χ2v) is 5.47. The fourth-order valence-corrected chi connectivity index (χ4v) is 2.89.